The Balaban J connectivity index is 1.90. The summed E-state index contributed by atoms with van der Waals surface area (Å²) >= 11 is 19.0. The fourth-order valence-corrected chi connectivity index (χ4v) is 4.28. The van der Waals surface area contributed by atoms with E-state index in [1.807, 2.05) is 38.1 Å². The van der Waals surface area contributed by atoms with Crippen LogP contribution in [0.15, 0.2) is 29.2 Å². The average molecular weight is 412 g/mol. The normalized spacial score (nSPS) is 16.3. The number of hydrogen-bond donors (Lipinski definition) is 0. The molecule has 0 spiro atoms. The van der Waals surface area contributed by atoms with Gasteiger partial charge in [0.1, 0.15) is 9.47 Å². The van der Waals surface area contributed by atoms with E-state index in [1.54, 1.807) is 15.7 Å². The van der Waals surface area contributed by atoms with E-state index in [-0.39, 0.29) is 5.91 Å². The Hall–Kier alpha value is -1.34. The minimum absolute atomic E-state index is 0.0848. The lowest BCUT2D eigenvalue weighted by Crippen LogP contribution is -2.27. The van der Waals surface area contributed by atoms with Crippen LogP contribution in [0, 0.1) is 6.92 Å². The lowest BCUT2D eigenvalue weighted by Gasteiger charge is -2.09. The van der Waals surface area contributed by atoms with Crippen LogP contribution >= 0.6 is 47.2 Å². The van der Waals surface area contributed by atoms with E-state index in [4.69, 9.17) is 35.4 Å². The summed E-state index contributed by atoms with van der Waals surface area (Å²) in [6.07, 6.45) is 1.78. The largest absolute Gasteiger partial charge is 0.293 e. The van der Waals surface area contributed by atoms with Gasteiger partial charge in [0.05, 0.1) is 17.1 Å². The maximum atomic E-state index is 12.4. The zero-order valence-electron chi connectivity index (χ0n) is 13.6. The summed E-state index contributed by atoms with van der Waals surface area (Å²) in [5.41, 5.74) is 2.55. The van der Waals surface area contributed by atoms with Crippen LogP contribution < -0.4 is 0 Å². The molecule has 0 radical (unpaired) electrons. The summed E-state index contributed by atoms with van der Waals surface area (Å²) in [4.78, 5) is 14.5. The van der Waals surface area contributed by atoms with Crippen LogP contribution in [0.25, 0.3) is 6.08 Å². The molecule has 1 aromatic carbocycles. The Morgan fingerprint density at radius 1 is 1.28 bits per heavy atom. The maximum Gasteiger partial charge on any atom is 0.266 e. The van der Waals surface area contributed by atoms with Gasteiger partial charge in [-0.3, -0.25) is 9.69 Å². The average Bonchev–Trinajstić information content (AvgIpc) is 3.00. The maximum absolute atomic E-state index is 12.4. The van der Waals surface area contributed by atoms with Crippen molar-refractivity contribution in [3.63, 3.8) is 0 Å². The van der Waals surface area contributed by atoms with Crippen LogP contribution in [0.2, 0.25) is 10.2 Å². The quantitative estimate of drug-likeness (QED) is 0.536. The van der Waals surface area contributed by atoms with Gasteiger partial charge in [-0.05, 0) is 37.6 Å². The van der Waals surface area contributed by atoms with E-state index in [1.165, 1.54) is 11.8 Å². The number of rotatable bonds is 4. The summed E-state index contributed by atoms with van der Waals surface area (Å²) in [6.45, 7) is 4.86. The monoisotopic (exact) mass is 411 g/mol. The number of carbonyl (C=O) groups excluding carboxylic acids is 1. The van der Waals surface area contributed by atoms with Crippen molar-refractivity contribution in [1.82, 2.24) is 14.7 Å². The molecular weight excluding hydrogens is 397 g/mol. The van der Waals surface area contributed by atoms with E-state index in [9.17, 15) is 4.79 Å². The molecule has 130 valence electrons. The number of carbonyl (C=O) groups is 1. The molecule has 0 saturated carbocycles. The summed E-state index contributed by atoms with van der Waals surface area (Å²) in [5, 5.41) is 5.67. The van der Waals surface area contributed by atoms with Gasteiger partial charge < -0.3 is 0 Å². The van der Waals surface area contributed by atoms with Gasteiger partial charge in [-0.15, -0.1) is 0 Å². The minimum Gasteiger partial charge on any atom is -0.293 e. The summed E-state index contributed by atoms with van der Waals surface area (Å²) < 4.78 is 2.29. The third-order valence-electron chi connectivity index (χ3n) is 3.82. The van der Waals surface area contributed by atoms with Crippen LogP contribution in [0.4, 0.5) is 0 Å². The van der Waals surface area contributed by atoms with Crippen LogP contribution in [0.1, 0.15) is 23.7 Å². The first-order valence-corrected chi connectivity index (χ1v) is 9.61. The Bertz CT molecular complexity index is 875. The lowest BCUT2D eigenvalue weighted by atomic mass is 10.2. The van der Waals surface area contributed by atoms with Crippen LogP contribution in [-0.4, -0.2) is 31.5 Å². The van der Waals surface area contributed by atoms with Crippen molar-refractivity contribution in [2.75, 3.05) is 6.54 Å². The van der Waals surface area contributed by atoms with Crippen LogP contribution in [0.5, 0.6) is 0 Å². The number of thioether (sulfide) groups is 1. The number of hydrogen-bond acceptors (Lipinski definition) is 4. The third-order valence-corrected chi connectivity index (χ3v) is 5.85. The van der Waals surface area contributed by atoms with Gasteiger partial charge in [-0.1, -0.05) is 59.3 Å². The van der Waals surface area contributed by atoms with Gasteiger partial charge in [0.15, 0.2) is 0 Å². The summed E-state index contributed by atoms with van der Waals surface area (Å²) in [6, 6.07) is 7.53. The number of aryl methyl sites for hydroxylation is 1. The highest BCUT2D eigenvalue weighted by molar-refractivity contribution is 8.26. The SMILES string of the molecule is CCN1C(=O)/C(=C\c2c(C)nn(Cc3ccc(Cl)cc3)c2Cl)SC1=S. The molecule has 2 heterocycles. The Morgan fingerprint density at radius 2 is 1.96 bits per heavy atom. The number of nitrogens with zero attached hydrogens (tertiary/aromatic N) is 3. The molecule has 1 saturated heterocycles. The predicted molar refractivity (Wildman–Crippen MR) is 108 cm³/mol. The number of halogens is 2. The van der Waals surface area contributed by atoms with Crippen LogP contribution in [-0.2, 0) is 11.3 Å². The van der Waals surface area contributed by atoms with Gasteiger partial charge in [-0.2, -0.15) is 5.10 Å². The van der Waals surface area contributed by atoms with Gasteiger partial charge in [0, 0.05) is 17.1 Å². The first-order valence-electron chi connectivity index (χ1n) is 7.63. The molecule has 1 aromatic heterocycles. The van der Waals surface area contributed by atoms with Crippen molar-refractivity contribution in [1.29, 1.82) is 0 Å². The smallest absolute Gasteiger partial charge is 0.266 e. The first-order chi connectivity index (χ1) is 11.9. The standard InChI is InChI=1S/C17H15Cl2N3OS2/c1-3-21-16(23)14(25-17(21)24)8-13-10(2)20-22(15(13)19)9-11-4-6-12(18)7-5-11/h4-8H,3,9H2,1-2H3/b14-8+. The zero-order valence-corrected chi connectivity index (χ0v) is 16.8. The molecule has 0 atom stereocenters. The summed E-state index contributed by atoms with van der Waals surface area (Å²) in [5.74, 6) is -0.0848. The molecule has 4 nitrogen and oxygen atoms in total. The van der Waals surface area contributed by atoms with E-state index < -0.39 is 0 Å². The molecule has 1 aliphatic heterocycles. The van der Waals surface area contributed by atoms with Crippen molar-refractivity contribution in [3.05, 3.63) is 56.2 Å². The fraction of sp³-hybridized carbons (Fsp3) is 0.235. The number of aromatic nitrogens is 2. The second-order valence-corrected chi connectivity index (χ2v) is 7.97. The zero-order chi connectivity index (χ0) is 18.1. The molecule has 8 heteroatoms. The third kappa shape index (κ3) is 3.77. The predicted octanol–water partition coefficient (Wildman–Crippen LogP) is 4.77. The molecule has 1 amide bonds. The van der Waals surface area contributed by atoms with Crippen molar-refractivity contribution in [3.8, 4) is 0 Å². The van der Waals surface area contributed by atoms with Crippen molar-refractivity contribution in [2.24, 2.45) is 0 Å². The molecule has 2 aromatic rings. The highest BCUT2D eigenvalue weighted by Gasteiger charge is 2.31. The molecule has 0 unspecified atom stereocenters. The van der Waals surface area contributed by atoms with E-state index in [0.717, 1.165) is 16.8 Å². The van der Waals surface area contributed by atoms with Crippen molar-refractivity contribution >= 4 is 63.5 Å². The Labute approximate surface area is 165 Å². The van der Waals surface area contributed by atoms with Gasteiger partial charge in [0.2, 0.25) is 0 Å². The molecule has 1 fully saturated rings. The van der Waals surface area contributed by atoms with E-state index in [2.05, 4.69) is 5.10 Å². The summed E-state index contributed by atoms with van der Waals surface area (Å²) in [7, 11) is 0. The molecule has 1 aliphatic rings. The highest BCUT2D eigenvalue weighted by atomic mass is 35.5. The number of thiocarbonyl (C=S) groups is 1. The number of likely N-dealkylation sites (N-methyl/N-ethyl adjacent to an activating group) is 1. The van der Waals surface area contributed by atoms with E-state index in [0.29, 0.717) is 32.5 Å². The molecule has 0 N–H and O–H groups in total. The van der Waals surface area contributed by atoms with Crippen LogP contribution in [0.3, 0.4) is 0 Å². The Morgan fingerprint density at radius 3 is 2.56 bits per heavy atom. The molecule has 3 rings (SSSR count). The van der Waals surface area contributed by atoms with E-state index >= 15 is 0 Å². The van der Waals surface area contributed by atoms with Crippen molar-refractivity contribution in [2.45, 2.75) is 20.4 Å². The first kappa shape index (κ1) is 18.5. The van der Waals surface area contributed by atoms with Gasteiger partial charge in [0.25, 0.3) is 5.91 Å². The molecule has 0 bridgehead atoms. The highest BCUT2D eigenvalue weighted by Crippen LogP contribution is 2.34. The fourth-order valence-electron chi connectivity index (χ4n) is 2.50. The Kier molecular flexibility index (Phi) is 5.53. The van der Waals surface area contributed by atoms with Crippen molar-refractivity contribution < 1.29 is 4.79 Å². The second-order valence-electron chi connectivity index (χ2n) is 5.50. The number of amides is 1. The molecular formula is C17H15Cl2N3OS2. The second kappa shape index (κ2) is 7.50. The lowest BCUT2D eigenvalue weighted by molar-refractivity contribution is -0.121. The molecule has 0 aliphatic carbocycles. The topological polar surface area (TPSA) is 38.1 Å². The number of benzene rings is 1. The van der Waals surface area contributed by atoms with Gasteiger partial charge in [-0.25, -0.2) is 4.68 Å². The molecule has 25 heavy (non-hydrogen) atoms. The van der Waals surface area contributed by atoms with Gasteiger partial charge >= 0.3 is 0 Å². The minimum atomic E-state index is -0.0848.